The fourth-order valence-corrected chi connectivity index (χ4v) is 1.89. The monoisotopic (exact) mass is 323 g/mol. The highest BCUT2D eigenvalue weighted by Gasteiger charge is 2.17. The van der Waals surface area contributed by atoms with Crippen molar-refractivity contribution in [2.24, 2.45) is 0 Å². The molecular formula is C11H10BrN5O2. The minimum absolute atomic E-state index is 0.0885. The number of aromatic nitrogens is 3. The van der Waals surface area contributed by atoms with Gasteiger partial charge in [-0.2, -0.15) is 0 Å². The van der Waals surface area contributed by atoms with Gasteiger partial charge in [0.2, 0.25) is 0 Å². The average molecular weight is 324 g/mol. The molecule has 0 spiro atoms. The topological polar surface area (TPSA) is 93.8 Å². The van der Waals surface area contributed by atoms with E-state index >= 15 is 0 Å². The molecule has 0 saturated carbocycles. The summed E-state index contributed by atoms with van der Waals surface area (Å²) >= 11 is 3.24. The van der Waals surface area contributed by atoms with E-state index in [-0.39, 0.29) is 5.69 Å². The number of nitrogens with one attached hydrogen (secondary N) is 1. The number of rotatable bonds is 4. The van der Waals surface area contributed by atoms with Crippen LogP contribution in [0.3, 0.4) is 0 Å². The van der Waals surface area contributed by atoms with E-state index in [0.29, 0.717) is 22.4 Å². The van der Waals surface area contributed by atoms with Gasteiger partial charge in [-0.1, -0.05) is 0 Å². The quantitative estimate of drug-likeness (QED) is 0.686. The fraction of sp³-hybridized carbons (Fsp3) is 0.182. The molecule has 0 aliphatic carbocycles. The highest BCUT2D eigenvalue weighted by molar-refractivity contribution is 9.10. The smallest absolute Gasteiger partial charge is 0.311 e. The van der Waals surface area contributed by atoms with E-state index in [4.69, 9.17) is 0 Å². The standard InChI is InChI=1S/C11H10BrN5O2/c1-7-2-15-8(3-14-7)4-16-11-9(12)5-13-6-10(11)17(18)19/h2-3,5-6H,4H2,1H3,(H,13,16). The van der Waals surface area contributed by atoms with E-state index in [1.165, 1.54) is 12.4 Å². The van der Waals surface area contributed by atoms with Crippen molar-refractivity contribution in [3.05, 3.63) is 50.8 Å². The summed E-state index contributed by atoms with van der Waals surface area (Å²) in [6.45, 7) is 2.19. The van der Waals surface area contributed by atoms with Gasteiger partial charge in [0.25, 0.3) is 0 Å². The van der Waals surface area contributed by atoms with E-state index in [1.807, 2.05) is 6.92 Å². The first-order valence-electron chi connectivity index (χ1n) is 5.37. The van der Waals surface area contributed by atoms with E-state index in [0.717, 1.165) is 5.69 Å². The number of aryl methyl sites for hydroxylation is 1. The Bertz CT molecular complexity index is 603. The van der Waals surface area contributed by atoms with Gasteiger partial charge >= 0.3 is 5.69 Å². The molecule has 0 saturated heterocycles. The molecule has 19 heavy (non-hydrogen) atoms. The lowest BCUT2D eigenvalue weighted by Gasteiger charge is -2.08. The summed E-state index contributed by atoms with van der Waals surface area (Å²) in [6, 6.07) is 0. The van der Waals surface area contributed by atoms with Gasteiger partial charge in [0.05, 0.1) is 33.5 Å². The number of hydrogen-bond acceptors (Lipinski definition) is 6. The Morgan fingerprint density at radius 1 is 1.32 bits per heavy atom. The molecule has 0 aliphatic rings. The number of nitrogens with zero attached hydrogens (tertiary/aromatic N) is 4. The number of nitro groups is 1. The summed E-state index contributed by atoms with van der Waals surface area (Å²) in [5.41, 5.74) is 1.81. The molecule has 0 atom stereocenters. The Kier molecular flexibility index (Phi) is 4.00. The summed E-state index contributed by atoms with van der Waals surface area (Å²) in [5, 5.41) is 13.9. The van der Waals surface area contributed by atoms with Gasteiger partial charge < -0.3 is 5.32 Å². The van der Waals surface area contributed by atoms with E-state index in [1.54, 1.807) is 12.4 Å². The third-order valence-corrected chi connectivity index (χ3v) is 2.96. The molecule has 2 rings (SSSR count). The molecule has 2 heterocycles. The van der Waals surface area contributed by atoms with Crippen LogP contribution in [0.4, 0.5) is 11.4 Å². The summed E-state index contributed by atoms with van der Waals surface area (Å²) in [7, 11) is 0. The van der Waals surface area contributed by atoms with Crippen molar-refractivity contribution in [2.75, 3.05) is 5.32 Å². The predicted molar refractivity (Wildman–Crippen MR) is 72.7 cm³/mol. The maximum atomic E-state index is 10.9. The molecule has 0 fully saturated rings. The van der Waals surface area contributed by atoms with Gasteiger partial charge in [-0.25, -0.2) is 0 Å². The molecule has 0 unspecified atom stereocenters. The minimum atomic E-state index is -0.485. The van der Waals surface area contributed by atoms with Crippen LogP contribution < -0.4 is 5.32 Å². The molecule has 0 bridgehead atoms. The van der Waals surface area contributed by atoms with Crippen molar-refractivity contribution in [1.82, 2.24) is 15.0 Å². The number of anilines is 1. The van der Waals surface area contributed by atoms with Crippen LogP contribution >= 0.6 is 15.9 Å². The third-order valence-electron chi connectivity index (χ3n) is 2.36. The van der Waals surface area contributed by atoms with Crippen molar-refractivity contribution in [2.45, 2.75) is 13.5 Å². The Morgan fingerprint density at radius 3 is 2.74 bits per heavy atom. The normalized spacial score (nSPS) is 10.2. The molecule has 0 radical (unpaired) electrons. The van der Waals surface area contributed by atoms with Gasteiger partial charge in [0.15, 0.2) is 0 Å². The second-order valence-electron chi connectivity index (χ2n) is 3.78. The Balaban J connectivity index is 2.19. The lowest BCUT2D eigenvalue weighted by atomic mass is 10.3. The zero-order valence-electron chi connectivity index (χ0n) is 10.00. The first-order valence-corrected chi connectivity index (χ1v) is 6.16. The highest BCUT2D eigenvalue weighted by atomic mass is 79.9. The molecule has 7 nitrogen and oxygen atoms in total. The maximum absolute atomic E-state index is 10.9. The van der Waals surface area contributed by atoms with E-state index < -0.39 is 4.92 Å². The highest BCUT2D eigenvalue weighted by Crippen LogP contribution is 2.31. The third kappa shape index (κ3) is 3.22. The van der Waals surface area contributed by atoms with Crippen molar-refractivity contribution >= 4 is 27.3 Å². The lowest BCUT2D eigenvalue weighted by Crippen LogP contribution is -2.06. The van der Waals surface area contributed by atoms with Gasteiger partial charge in [-0.05, 0) is 22.9 Å². The van der Waals surface area contributed by atoms with Crippen molar-refractivity contribution in [3.8, 4) is 0 Å². The van der Waals surface area contributed by atoms with Crippen LogP contribution in [0.5, 0.6) is 0 Å². The summed E-state index contributed by atoms with van der Waals surface area (Å²) in [5.74, 6) is 0. The van der Waals surface area contributed by atoms with Crippen LogP contribution in [0, 0.1) is 17.0 Å². The van der Waals surface area contributed by atoms with Gasteiger partial charge in [0, 0.05) is 12.4 Å². The Labute approximate surface area is 117 Å². The SMILES string of the molecule is Cc1cnc(CNc2c(Br)cncc2[N+](=O)[O-])cn1. The first-order chi connectivity index (χ1) is 9.08. The first kappa shape index (κ1) is 13.3. The summed E-state index contributed by atoms with van der Waals surface area (Å²) in [4.78, 5) is 22.5. The number of pyridine rings is 1. The van der Waals surface area contributed by atoms with E-state index in [2.05, 4.69) is 36.2 Å². The predicted octanol–water partition coefficient (Wildman–Crippen LogP) is 2.46. The Morgan fingerprint density at radius 2 is 2.11 bits per heavy atom. The maximum Gasteiger partial charge on any atom is 0.311 e. The largest absolute Gasteiger partial charge is 0.373 e. The van der Waals surface area contributed by atoms with Crippen LogP contribution in [0.25, 0.3) is 0 Å². The molecule has 98 valence electrons. The van der Waals surface area contributed by atoms with Gasteiger partial charge in [-0.15, -0.1) is 0 Å². The molecule has 2 aromatic rings. The molecular weight excluding hydrogens is 314 g/mol. The lowest BCUT2D eigenvalue weighted by molar-refractivity contribution is -0.384. The van der Waals surface area contributed by atoms with E-state index in [9.17, 15) is 10.1 Å². The molecule has 0 aliphatic heterocycles. The van der Waals surface area contributed by atoms with Gasteiger partial charge in [0.1, 0.15) is 11.9 Å². The van der Waals surface area contributed by atoms with Crippen molar-refractivity contribution in [1.29, 1.82) is 0 Å². The average Bonchev–Trinajstić information content (AvgIpc) is 2.39. The second kappa shape index (κ2) is 5.70. The molecule has 0 aromatic carbocycles. The summed E-state index contributed by atoms with van der Waals surface area (Å²) in [6.07, 6.45) is 5.97. The van der Waals surface area contributed by atoms with Crippen LogP contribution in [0.15, 0.2) is 29.3 Å². The zero-order valence-corrected chi connectivity index (χ0v) is 11.6. The molecule has 2 aromatic heterocycles. The molecule has 0 amide bonds. The molecule has 8 heteroatoms. The van der Waals surface area contributed by atoms with Crippen molar-refractivity contribution in [3.63, 3.8) is 0 Å². The van der Waals surface area contributed by atoms with Crippen molar-refractivity contribution < 1.29 is 4.92 Å². The fourth-order valence-electron chi connectivity index (χ4n) is 1.43. The van der Waals surface area contributed by atoms with Crippen LogP contribution in [-0.4, -0.2) is 19.9 Å². The van der Waals surface area contributed by atoms with Crippen LogP contribution in [0.1, 0.15) is 11.4 Å². The minimum Gasteiger partial charge on any atom is -0.373 e. The number of halogens is 1. The molecule has 1 N–H and O–H groups in total. The summed E-state index contributed by atoms with van der Waals surface area (Å²) < 4.78 is 0.529. The zero-order chi connectivity index (χ0) is 13.8. The Hall–Kier alpha value is -2.09. The van der Waals surface area contributed by atoms with Crippen LogP contribution in [-0.2, 0) is 6.54 Å². The second-order valence-corrected chi connectivity index (χ2v) is 4.63. The number of hydrogen-bond donors (Lipinski definition) is 1. The van der Waals surface area contributed by atoms with Gasteiger partial charge in [-0.3, -0.25) is 25.1 Å². The van der Waals surface area contributed by atoms with Crippen LogP contribution in [0.2, 0.25) is 0 Å².